The molecule has 0 saturated carbocycles. The second-order valence-electron chi connectivity index (χ2n) is 7.14. The normalized spacial score (nSPS) is 16.8. The van der Waals surface area contributed by atoms with E-state index < -0.39 is 0 Å². The van der Waals surface area contributed by atoms with E-state index in [1.807, 2.05) is 6.07 Å². The minimum Gasteiger partial charge on any atom is -0.205 e. The Kier molecular flexibility index (Phi) is 8.67. The fourth-order valence-corrected chi connectivity index (χ4v) is 6.96. The highest BCUT2D eigenvalue weighted by molar-refractivity contribution is 6.58. The van der Waals surface area contributed by atoms with Crippen molar-refractivity contribution in [2.24, 2.45) is 5.92 Å². The summed E-state index contributed by atoms with van der Waals surface area (Å²) in [5.74, 6) is 0.686. The van der Waals surface area contributed by atoms with E-state index in [0.717, 1.165) is 17.9 Å². The Labute approximate surface area is 148 Å². The number of halogens is 2. The van der Waals surface area contributed by atoms with E-state index in [9.17, 15) is 4.39 Å². The fourth-order valence-electron chi connectivity index (χ4n) is 3.71. The molecule has 0 spiro atoms. The lowest BCUT2D eigenvalue weighted by Gasteiger charge is -2.27. The van der Waals surface area contributed by atoms with Crippen LogP contribution < -0.4 is 0 Å². The molecule has 23 heavy (non-hydrogen) atoms. The molecule has 129 valence electrons. The second-order valence-corrected chi connectivity index (χ2v) is 10.6. The number of aryl methyl sites for hydroxylation is 1. The van der Waals surface area contributed by atoms with Crippen LogP contribution in [0.3, 0.4) is 0 Å². The zero-order valence-corrected chi connectivity index (χ0v) is 16.3. The first-order valence-corrected chi connectivity index (χ1v) is 12.0. The molecular formula is C20H31ClFSi. The van der Waals surface area contributed by atoms with Crippen LogP contribution in [0.4, 0.5) is 4.39 Å². The maximum Gasteiger partial charge on any atom is 0.142 e. The van der Waals surface area contributed by atoms with Crippen molar-refractivity contribution in [1.29, 1.82) is 0 Å². The number of hydrogen-bond donors (Lipinski definition) is 0. The van der Waals surface area contributed by atoms with Crippen LogP contribution in [0.15, 0.2) is 18.2 Å². The van der Waals surface area contributed by atoms with Gasteiger partial charge >= 0.3 is 0 Å². The van der Waals surface area contributed by atoms with Gasteiger partial charge in [-0.1, -0.05) is 87.7 Å². The van der Waals surface area contributed by atoms with E-state index in [2.05, 4.69) is 6.92 Å². The lowest BCUT2D eigenvalue weighted by Crippen LogP contribution is -2.21. The number of rotatable bonds is 9. The highest BCUT2D eigenvalue weighted by Crippen LogP contribution is 2.31. The van der Waals surface area contributed by atoms with Gasteiger partial charge < -0.3 is 0 Å². The molecule has 0 N–H and O–H groups in total. The van der Waals surface area contributed by atoms with Crippen LogP contribution in [-0.2, 0) is 6.42 Å². The number of unbranched alkanes of at least 4 members (excludes halogenated alkanes) is 3. The van der Waals surface area contributed by atoms with E-state index in [1.165, 1.54) is 51.4 Å². The average molecular weight is 354 g/mol. The number of benzene rings is 1. The molecule has 1 saturated heterocycles. The summed E-state index contributed by atoms with van der Waals surface area (Å²) < 4.78 is 13.4. The Morgan fingerprint density at radius 2 is 1.91 bits per heavy atom. The zero-order chi connectivity index (χ0) is 16.5. The van der Waals surface area contributed by atoms with Crippen LogP contribution in [-0.4, -0.2) is 8.80 Å². The molecule has 1 aliphatic heterocycles. The molecule has 0 nitrogen and oxygen atoms in total. The summed E-state index contributed by atoms with van der Waals surface area (Å²) in [5, 5.41) is 0.229. The Morgan fingerprint density at radius 1 is 1.13 bits per heavy atom. The highest BCUT2D eigenvalue weighted by atomic mass is 35.5. The van der Waals surface area contributed by atoms with Crippen molar-refractivity contribution in [3.8, 4) is 0 Å². The van der Waals surface area contributed by atoms with Gasteiger partial charge in [-0.15, -0.1) is 0 Å². The van der Waals surface area contributed by atoms with E-state index in [4.69, 9.17) is 11.6 Å². The first-order chi connectivity index (χ1) is 11.2. The van der Waals surface area contributed by atoms with Gasteiger partial charge in [-0.3, -0.25) is 0 Å². The summed E-state index contributed by atoms with van der Waals surface area (Å²) in [6.45, 7) is 2.30. The van der Waals surface area contributed by atoms with Crippen molar-refractivity contribution < 1.29 is 4.39 Å². The Balaban J connectivity index is 1.56. The SMILES string of the molecule is CCCCC[Si]1CCC(CCCCc2ccc(Cl)c(F)c2)CC1. The third-order valence-electron chi connectivity index (χ3n) is 5.26. The molecule has 0 bridgehead atoms. The first-order valence-electron chi connectivity index (χ1n) is 9.46. The Bertz CT molecular complexity index is 455. The van der Waals surface area contributed by atoms with Crippen molar-refractivity contribution >= 4 is 20.4 Å². The van der Waals surface area contributed by atoms with E-state index in [1.54, 1.807) is 30.3 Å². The Morgan fingerprint density at radius 3 is 2.61 bits per heavy atom. The predicted octanol–water partition coefficient (Wildman–Crippen LogP) is 7.29. The first kappa shape index (κ1) is 19.0. The topological polar surface area (TPSA) is 0 Å². The quantitative estimate of drug-likeness (QED) is 0.323. The smallest absolute Gasteiger partial charge is 0.142 e. The van der Waals surface area contributed by atoms with Crippen LogP contribution in [0.1, 0.15) is 63.9 Å². The summed E-state index contributed by atoms with van der Waals surface area (Å²) in [4.78, 5) is 0. The molecule has 0 amide bonds. The van der Waals surface area contributed by atoms with E-state index in [-0.39, 0.29) is 19.6 Å². The van der Waals surface area contributed by atoms with Gasteiger partial charge in [0.25, 0.3) is 0 Å². The van der Waals surface area contributed by atoms with Crippen LogP contribution in [0, 0.1) is 11.7 Å². The summed E-state index contributed by atoms with van der Waals surface area (Å²) in [6.07, 6.45) is 12.0. The van der Waals surface area contributed by atoms with Crippen molar-refractivity contribution in [1.82, 2.24) is 0 Å². The molecule has 2 rings (SSSR count). The van der Waals surface area contributed by atoms with Gasteiger partial charge in [-0.2, -0.15) is 0 Å². The molecular weight excluding hydrogens is 323 g/mol. The molecule has 1 aromatic carbocycles. The number of hydrogen-bond acceptors (Lipinski definition) is 0. The van der Waals surface area contributed by atoms with Crippen LogP contribution >= 0.6 is 11.6 Å². The maximum atomic E-state index is 13.4. The van der Waals surface area contributed by atoms with Crippen LogP contribution in [0.5, 0.6) is 0 Å². The van der Waals surface area contributed by atoms with Crippen LogP contribution in [0.2, 0.25) is 23.2 Å². The minimum atomic E-state index is -0.283. The van der Waals surface area contributed by atoms with Crippen molar-refractivity contribution in [3.05, 3.63) is 34.6 Å². The monoisotopic (exact) mass is 353 g/mol. The van der Waals surface area contributed by atoms with Gasteiger partial charge in [-0.25, -0.2) is 4.39 Å². The molecule has 1 aliphatic rings. The van der Waals surface area contributed by atoms with E-state index in [0.29, 0.717) is 0 Å². The molecule has 1 heterocycles. The van der Waals surface area contributed by atoms with E-state index >= 15 is 0 Å². The van der Waals surface area contributed by atoms with Crippen molar-refractivity contribution in [2.75, 3.05) is 0 Å². The summed E-state index contributed by atoms with van der Waals surface area (Å²) in [5.41, 5.74) is 1.08. The molecule has 0 aliphatic carbocycles. The highest BCUT2D eigenvalue weighted by Gasteiger charge is 2.21. The fraction of sp³-hybridized carbons (Fsp3) is 0.700. The van der Waals surface area contributed by atoms with Gasteiger partial charge in [0, 0.05) is 8.80 Å². The molecule has 1 radical (unpaired) electrons. The van der Waals surface area contributed by atoms with Gasteiger partial charge in [0.1, 0.15) is 5.82 Å². The van der Waals surface area contributed by atoms with Gasteiger partial charge in [0.05, 0.1) is 5.02 Å². The molecule has 0 aromatic heterocycles. The van der Waals surface area contributed by atoms with Gasteiger partial charge in [-0.05, 0) is 36.5 Å². The lowest BCUT2D eigenvalue weighted by atomic mass is 9.95. The van der Waals surface area contributed by atoms with Gasteiger partial charge in [0.15, 0.2) is 0 Å². The van der Waals surface area contributed by atoms with Crippen molar-refractivity contribution in [3.63, 3.8) is 0 Å². The average Bonchev–Trinajstić information content (AvgIpc) is 2.56. The zero-order valence-electron chi connectivity index (χ0n) is 14.6. The molecule has 0 unspecified atom stereocenters. The van der Waals surface area contributed by atoms with Crippen molar-refractivity contribution in [2.45, 2.75) is 82.8 Å². The molecule has 1 aromatic rings. The third-order valence-corrected chi connectivity index (χ3v) is 8.62. The Hall–Kier alpha value is -0.343. The third kappa shape index (κ3) is 6.97. The summed E-state index contributed by atoms with van der Waals surface area (Å²) in [6, 6.07) is 9.90. The largest absolute Gasteiger partial charge is 0.205 e. The molecule has 1 fully saturated rings. The second kappa shape index (κ2) is 10.5. The predicted molar refractivity (Wildman–Crippen MR) is 101 cm³/mol. The van der Waals surface area contributed by atoms with Crippen LogP contribution in [0.25, 0.3) is 0 Å². The lowest BCUT2D eigenvalue weighted by molar-refractivity contribution is 0.417. The standard InChI is InChI=1S/C20H31ClFSi/c1-2-3-6-13-23-14-11-17(12-15-23)7-4-5-8-18-9-10-19(21)20(22)16-18/h9-10,16-17H,2-8,11-15H2,1H3. The maximum absolute atomic E-state index is 13.4. The molecule has 3 heteroatoms. The minimum absolute atomic E-state index is 0.0115. The summed E-state index contributed by atoms with van der Waals surface area (Å²) in [7, 11) is 0.0115. The van der Waals surface area contributed by atoms with Gasteiger partial charge in [0.2, 0.25) is 0 Å². The summed E-state index contributed by atoms with van der Waals surface area (Å²) >= 11 is 5.72. The molecule has 0 atom stereocenters.